The molecular formula is C16H16F2N2O3. The Morgan fingerprint density at radius 1 is 1.13 bits per heavy atom. The molecule has 5 nitrogen and oxygen atoms in total. The van der Waals surface area contributed by atoms with Crippen LogP contribution in [0.5, 0.6) is 0 Å². The quantitative estimate of drug-likeness (QED) is 0.799. The maximum absolute atomic E-state index is 13.1. The molecule has 1 aromatic rings. The molecule has 0 aromatic heterocycles. The molecule has 0 aliphatic carbocycles. The van der Waals surface area contributed by atoms with Crippen LogP contribution in [0.25, 0.3) is 0 Å². The molecular weight excluding hydrogens is 306 g/mol. The first-order chi connectivity index (χ1) is 11.0. The van der Waals surface area contributed by atoms with E-state index in [1.165, 1.54) is 12.1 Å². The van der Waals surface area contributed by atoms with Crippen molar-refractivity contribution in [2.75, 3.05) is 13.1 Å². The van der Waals surface area contributed by atoms with Crippen molar-refractivity contribution in [3.05, 3.63) is 35.4 Å². The Balaban J connectivity index is 1.76. The van der Waals surface area contributed by atoms with E-state index >= 15 is 0 Å². The molecule has 2 aliphatic heterocycles. The molecule has 7 heteroatoms. The Bertz CT molecular complexity index is 627. The van der Waals surface area contributed by atoms with Crippen LogP contribution >= 0.6 is 0 Å². The Labute approximate surface area is 131 Å². The number of carbonyl (C=O) groups excluding carboxylic acids is 3. The van der Waals surface area contributed by atoms with Gasteiger partial charge in [0, 0.05) is 6.54 Å². The Hall–Kier alpha value is -2.31. The van der Waals surface area contributed by atoms with Crippen LogP contribution in [0.3, 0.4) is 0 Å². The SMILES string of the molecule is O=C1c2ccccc2C(=O)N1CC(=O)N1CCCCC1C(F)F. The van der Waals surface area contributed by atoms with Crippen LogP contribution in [0, 0.1) is 0 Å². The predicted octanol–water partition coefficient (Wildman–Crippen LogP) is 1.93. The molecule has 0 saturated carbocycles. The van der Waals surface area contributed by atoms with E-state index in [1.54, 1.807) is 12.1 Å². The van der Waals surface area contributed by atoms with Crippen molar-refractivity contribution in [2.45, 2.75) is 31.7 Å². The second-order valence-corrected chi connectivity index (χ2v) is 5.73. The molecule has 1 fully saturated rings. The normalized spacial score (nSPS) is 21.1. The number of carbonyl (C=O) groups is 3. The maximum atomic E-state index is 13.1. The molecule has 0 bridgehead atoms. The van der Waals surface area contributed by atoms with Crippen LogP contribution in [-0.4, -0.2) is 53.1 Å². The smallest absolute Gasteiger partial charge is 0.262 e. The maximum Gasteiger partial charge on any atom is 0.262 e. The summed E-state index contributed by atoms with van der Waals surface area (Å²) in [6.45, 7) is -0.257. The molecule has 0 N–H and O–H groups in total. The first-order valence-corrected chi connectivity index (χ1v) is 7.53. The zero-order valence-electron chi connectivity index (χ0n) is 12.4. The zero-order valence-corrected chi connectivity index (χ0v) is 12.4. The summed E-state index contributed by atoms with van der Waals surface area (Å²) in [6, 6.07) is 5.16. The van der Waals surface area contributed by atoms with Gasteiger partial charge in [0.25, 0.3) is 18.2 Å². The fourth-order valence-corrected chi connectivity index (χ4v) is 3.14. The molecule has 3 amide bonds. The monoisotopic (exact) mass is 322 g/mol. The summed E-state index contributed by atoms with van der Waals surface area (Å²) in [5, 5.41) is 0. The van der Waals surface area contributed by atoms with Crippen LogP contribution in [0.4, 0.5) is 8.78 Å². The van der Waals surface area contributed by atoms with E-state index < -0.39 is 36.7 Å². The van der Waals surface area contributed by atoms with Gasteiger partial charge in [0.1, 0.15) is 6.54 Å². The minimum Gasteiger partial charge on any atom is -0.332 e. The highest BCUT2D eigenvalue weighted by atomic mass is 19.3. The summed E-state index contributed by atoms with van der Waals surface area (Å²) >= 11 is 0. The van der Waals surface area contributed by atoms with Gasteiger partial charge in [-0.2, -0.15) is 0 Å². The van der Waals surface area contributed by atoms with Crippen LogP contribution < -0.4 is 0 Å². The summed E-state index contributed by atoms with van der Waals surface area (Å²) in [6.07, 6.45) is -1.09. The van der Waals surface area contributed by atoms with Gasteiger partial charge in [-0.25, -0.2) is 8.78 Å². The van der Waals surface area contributed by atoms with E-state index in [2.05, 4.69) is 0 Å². The molecule has 1 unspecified atom stereocenters. The van der Waals surface area contributed by atoms with Gasteiger partial charge in [-0.1, -0.05) is 12.1 Å². The van der Waals surface area contributed by atoms with Gasteiger partial charge in [0.05, 0.1) is 17.2 Å². The fourth-order valence-electron chi connectivity index (χ4n) is 3.14. The van der Waals surface area contributed by atoms with Crippen molar-refractivity contribution in [3.63, 3.8) is 0 Å². The van der Waals surface area contributed by atoms with Gasteiger partial charge >= 0.3 is 0 Å². The number of benzene rings is 1. The number of hydrogen-bond donors (Lipinski definition) is 0. The lowest BCUT2D eigenvalue weighted by Gasteiger charge is -2.35. The summed E-state index contributed by atoms with van der Waals surface area (Å²) in [4.78, 5) is 38.8. The van der Waals surface area contributed by atoms with E-state index in [1.807, 2.05) is 0 Å². The number of alkyl halides is 2. The van der Waals surface area contributed by atoms with Gasteiger partial charge < -0.3 is 4.90 Å². The lowest BCUT2D eigenvalue weighted by atomic mass is 10.0. The standard InChI is InChI=1S/C16H16F2N2O3/c17-14(18)12-7-3-4-8-19(12)13(21)9-20-15(22)10-5-1-2-6-11(10)16(20)23/h1-2,5-6,12,14H,3-4,7-9H2. The lowest BCUT2D eigenvalue weighted by molar-refractivity contribution is -0.139. The van der Waals surface area contributed by atoms with Crippen molar-refractivity contribution in [3.8, 4) is 0 Å². The van der Waals surface area contributed by atoms with Crippen LogP contribution in [0.2, 0.25) is 0 Å². The molecule has 0 radical (unpaired) electrons. The number of rotatable bonds is 3. The number of halogens is 2. The van der Waals surface area contributed by atoms with Crippen molar-refractivity contribution >= 4 is 17.7 Å². The molecule has 1 atom stereocenters. The van der Waals surface area contributed by atoms with Crippen LogP contribution in [0.15, 0.2) is 24.3 Å². The molecule has 1 aromatic carbocycles. The van der Waals surface area contributed by atoms with Crippen molar-refractivity contribution in [1.82, 2.24) is 9.80 Å². The molecule has 23 heavy (non-hydrogen) atoms. The van der Waals surface area contributed by atoms with Gasteiger partial charge in [0.15, 0.2) is 0 Å². The Morgan fingerprint density at radius 3 is 2.30 bits per heavy atom. The van der Waals surface area contributed by atoms with Gasteiger partial charge in [-0.05, 0) is 31.4 Å². The second-order valence-electron chi connectivity index (χ2n) is 5.73. The third-order valence-electron chi connectivity index (χ3n) is 4.33. The molecule has 122 valence electrons. The predicted molar refractivity (Wildman–Crippen MR) is 77.2 cm³/mol. The highest BCUT2D eigenvalue weighted by molar-refractivity contribution is 6.22. The van der Waals surface area contributed by atoms with Crippen molar-refractivity contribution in [2.24, 2.45) is 0 Å². The zero-order chi connectivity index (χ0) is 16.6. The number of nitrogens with zero attached hydrogens (tertiary/aromatic N) is 2. The first-order valence-electron chi connectivity index (χ1n) is 7.53. The topological polar surface area (TPSA) is 57.7 Å². The highest BCUT2D eigenvalue weighted by Crippen LogP contribution is 2.25. The molecule has 2 aliphatic rings. The minimum absolute atomic E-state index is 0.233. The second kappa shape index (κ2) is 6.06. The minimum atomic E-state index is -2.62. The number of hydrogen-bond acceptors (Lipinski definition) is 3. The third kappa shape index (κ3) is 2.71. The summed E-state index contributed by atoms with van der Waals surface area (Å²) in [7, 11) is 0. The number of imide groups is 1. The largest absolute Gasteiger partial charge is 0.332 e. The summed E-state index contributed by atoms with van der Waals surface area (Å²) in [5.41, 5.74) is 0.490. The van der Waals surface area contributed by atoms with Crippen LogP contribution in [0.1, 0.15) is 40.0 Å². The highest BCUT2D eigenvalue weighted by Gasteiger charge is 2.39. The van der Waals surface area contributed by atoms with Crippen molar-refractivity contribution in [1.29, 1.82) is 0 Å². The summed E-state index contributed by atoms with van der Waals surface area (Å²) in [5.74, 6) is -1.71. The average Bonchev–Trinajstić information content (AvgIpc) is 2.80. The summed E-state index contributed by atoms with van der Waals surface area (Å²) < 4.78 is 26.1. The average molecular weight is 322 g/mol. The Morgan fingerprint density at radius 2 is 1.74 bits per heavy atom. The molecule has 1 saturated heterocycles. The van der Waals surface area contributed by atoms with Gasteiger partial charge in [-0.3, -0.25) is 19.3 Å². The van der Waals surface area contributed by atoms with E-state index in [9.17, 15) is 23.2 Å². The van der Waals surface area contributed by atoms with Crippen LogP contribution in [-0.2, 0) is 4.79 Å². The first kappa shape index (κ1) is 15.6. The lowest BCUT2D eigenvalue weighted by Crippen LogP contribution is -2.51. The van der Waals surface area contributed by atoms with Gasteiger partial charge in [-0.15, -0.1) is 0 Å². The molecule has 0 spiro atoms. The number of amides is 3. The molecule has 2 heterocycles. The van der Waals surface area contributed by atoms with E-state index in [-0.39, 0.29) is 24.1 Å². The van der Waals surface area contributed by atoms with Gasteiger partial charge in [0.2, 0.25) is 5.91 Å². The van der Waals surface area contributed by atoms with Crippen molar-refractivity contribution < 1.29 is 23.2 Å². The molecule has 3 rings (SSSR count). The van der Waals surface area contributed by atoms with E-state index in [0.29, 0.717) is 12.8 Å². The Kier molecular flexibility index (Phi) is 4.11. The number of likely N-dealkylation sites (tertiary alicyclic amines) is 1. The fraction of sp³-hybridized carbons (Fsp3) is 0.438. The third-order valence-corrected chi connectivity index (χ3v) is 4.33. The number of fused-ring (bicyclic) bond motifs is 1. The van der Waals surface area contributed by atoms with E-state index in [0.717, 1.165) is 9.80 Å². The number of piperidine rings is 1. The van der Waals surface area contributed by atoms with E-state index in [4.69, 9.17) is 0 Å².